The summed E-state index contributed by atoms with van der Waals surface area (Å²) in [6.07, 6.45) is 0. The van der Waals surface area contributed by atoms with Gasteiger partial charge in [0.1, 0.15) is 11.2 Å². The smallest absolute Gasteiger partial charge is 0.143 e. The summed E-state index contributed by atoms with van der Waals surface area (Å²) in [6, 6.07) is 62.3. The van der Waals surface area contributed by atoms with Crippen LogP contribution in [0.3, 0.4) is 0 Å². The summed E-state index contributed by atoms with van der Waals surface area (Å²) in [5.74, 6) is 0. The van der Waals surface area contributed by atoms with Crippen molar-refractivity contribution in [1.82, 2.24) is 0 Å². The largest absolute Gasteiger partial charge is 0.455 e. The molecule has 1 heterocycles. The van der Waals surface area contributed by atoms with Crippen LogP contribution in [0.15, 0.2) is 174 Å². The van der Waals surface area contributed by atoms with Gasteiger partial charge in [-0.3, -0.25) is 0 Å². The third-order valence-corrected chi connectivity index (χ3v) is 11.6. The zero-order chi connectivity index (χ0) is 34.6. The van der Waals surface area contributed by atoms with Crippen LogP contribution in [-0.4, -0.2) is 0 Å². The van der Waals surface area contributed by atoms with Crippen LogP contribution in [0, 0.1) is 0 Å². The second-order valence-electron chi connectivity index (χ2n) is 14.8. The molecule has 0 spiro atoms. The SMILES string of the molecule is CC1(C)c2cc(-c3cccc(-c4c5ccccc5c(-c5ccccc5)c5ccccc45)c3)ccc2-c2ccc3oc4c5ccccc5ccc4c3c21. The minimum absolute atomic E-state index is 0.208. The predicted molar refractivity (Wildman–Crippen MR) is 220 cm³/mol. The van der Waals surface area contributed by atoms with E-state index in [0.717, 1.165) is 16.6 Å². The van der Waals surface area contributed by atoms with Crippen molar-refractivity contribution >= 4 is 54.3 Å². The van der Waals surface area contributed by atoms with Gasteiger partial charge in [-0.1, -0.05) is 159 Å². The fraction of sp³-hybridized carbons (Fsp3) is 0.0588. The van der Waals surface area contributed by atoms with Crippen LogP contribution in [0.4, 0.5) is 0 Å². The molecule has 1 aliphatic rings. The molecule has 0 atom stereocenters. The highest BCUT2D eigenvalue weighted by molar-refractivity contribution is 6.22. The second kappa shape index (κ2) is 10.8. The molecule has 52 heavy (non-hydrogen) atoms. The summed E-state index contributed by atoms with van der Waals surface area (Å²) >= 11 is 0. The van der Waals surface area contributed by atoms with E-state index in [0.29, 0.717) is 0 Å². The summed E-state index contributed by atoms with van der Waals surface area (Å²) in [5, 5.41) is 9.88. The van der Waals surface area contributed by atoms with Gasteiger partial charge in [0.15, 0.2) is 0 Å². The van der Waals surface area contributed by atoms with Gasteiger partial charge >= 0.3 is 0 Å². The van der Waals surface area contributed by atoms with Crippen LogP contribution in [0.2, 0.25) is 0 Å². The van der Waals surface area contributed by atoms with E-state index in [4.69, 9.17) is 4.42 Å². The maximum absolute atomic E-state index is 6.62. The number of fused-ring (bicyclic) bond motifs is 11. The van der Waals surface area contributed by atoms with Crippen LogP contribution in [0.1, 0.15) is 25.0 Å². The molecule has 0 unspecified atom stereocenters. The molecule has 0 aliphatic heterocycles. The first kappa shape index (κ1) is 29.3. The van der Waals surface area contributed by atoms with Crippen LogP contribution in [-0.2, 0) is 5.41 Å². The van der Waals surface area contributed by atoms with Crippen molar-refractivity contribution in [1.29, 1.82) is 0 Å². The minimum atomic E-state index is -0.208. The van der Waals surface area contributed by atoms with E-state index in [9.17, 15) is 0 Å². The molecule has 244 valence electrons. The number of benzene rings is 9. The molecule has 11 rings (SSSR count). The van der Waals surface area contributed by atoms with Gasteiger partial charge in [0, 0.05) is 21.6 Å². The van der Waals surface area contributed by atoms with E-state index in [2.05, 4.69) is 184 Å². The standard InChI is InChI=1S/C51H34O/c1-51(2)44-30-34(24-25-37(44)42-27-28-45-48(49(42)51)43-26-23-31-13-6-7-18-36(31)50(43)52-45)33-16-12-17-35(29-33)47-40-21-10-8-19-38(40)46(32-14-4-3-5-15-32)39-20-9-11-22-41(39)47/h3-30H,1-2H3. The van der Waals surface area contributed by atoms with E-state index in [-0.39, 0.29) is 5.41 Å². The Kier molecular flexibility index (Phi) is 6.08. The fourth-order valence-electron chi connectivity index (χ4n) is 9.29. The maximum atomic E-state index is 6.62. The molecule has 1 heteroatoms. The Hall–Kier alpha value is -6.44. The van der Waals surface area contributed by atoms with E-state index in [1.165, 1.54) is 93.3 Å². The van der Waals surface area contributed by atoms with Gasteiger partial charge in [-0.15, -0.1) is 0 Å². The average molecular weight is 663 g/mol. The molecule has 0 radical (unpaired) electrons. The van der Waals surface area contributed by atoms with E-state index >= 15 is 0 Å². The summed E-state index contributed by atoms with van der Waals surface area (Å²) < 4.78 is 6.62. The number of furan rings is 1. The fourth-order valence-corrected chi connectivity index (χ4v) is 9.29. The molecule has 0 saturated carbocycles. The Labute approximate surface area is 302 Å². The molecule has 0 fully saturated rings. The normalized spacial score (nSPS) is 13.3. The average Bonchev–Trinajstić information content (AvgIpc) is 3.69. The number of hydrogen-bond donors (Lipinski definition) is 0. The van der Waals surface area contributed by atoms with Crippen LogP contribution in [0.5, 0.6) is 0 Å². The van der Waals surface area contributed by atoms with Crippen LogP contribution in [0.25, 0.3) is 98.8 Å². The molecule has 0 amide bonds. The first-order valence-corrected chi connectivity index (χ1v) is 18.2. The highest BCUT2D eigenvalue weighted by atomic mass is 16.3. The van der Waals surface area contributed by atoms with Crippen LogP contribution < -0.4 is 0 Å². The summed E-state index contributed by atoms with van der Waals surface area (Å²) in [4.78, 5) is 0. The Morgan fingerprint density at radius 2 is 0.981 bits per heavy atom. The Bertz CT molecular complexity index is 3030. The summed E-state index contributed by atoms with van der Waals surface area (Å²) in [7, 11) is 0. The lowest BCUT2D eigenvalue weighted by Crippen LogP contribution is -2.15. The molecule has 10 aromatic rings. The highest BCUT2D eigenvalue weighted by Crippen LogP contribution is 2.54. The van der Waals surface area contributed by atoms with Crippen molar-refractivity contribution in [2.24, 2.45) is 0 Å². The highest BCUT2D eigenvalue weighted by Gasteiger charge is 2.38. The van der Waals surface area contributed by atoms with Crippen molar-refractivity contribution in [2.75, 3.05) is 0 Å². The first-order chi connectivity index (χ1) is 25.6. The minimum Gasteiger partial charge on any atom is -0.455 e. The van der Waals surface area contributed by atoms with Gasteiger partial charge in [-0.25, -0.2) is 0 Å². The lowest BCUT2D eigenvalue weighted by Gasteiger charge is -2.23. The lowest BCUT2D eigenvalue weighted by atomic mass is 9.79. The van der Waals surface area contributed by atoms with E-state index in [1.54, 1.807) is 0 Å². The molecule has 0 bridgehead atoms. The summed E-state index contributed by atoms with van der Waals surface area (Å²) in [6.45, 7) is 4.76. The van der Waals surface area contributed by atoms with Crippen molar-refractivity contribution in [3.05, 3.63) is 181 Å². The zero-order valence-corrected chi connectivity index (χ0v) is 29.1. The molecule has 0 N–H and O–H groups in total. The first-order valence-electron chi connectivity index (χ1n) is 18.2. The molecule has 0 saturated heterocycles. The summed E-state index contributed by atoms with van der Waals surface area (Å²) in [5.41, 5.74) is 14.5. The topological polar surface area (TPSA) is 13.1 Å². The van der Waals surface area contributed by atoms with Crippen molar-refractivity contribution in [2.45, 2.75) is 19.3 Å². The van der Waals surface area contributed by atoms with Gasteiger partial charge < -0.3 is 4.42 Å². The van der Waals surface area contributed by atoms with Gasteiger partial charge in [0.25, 0.3) is 0 Å². The number of hydrogen-bond acceptors (Lipinski definition) is 1. The quantitative estimate of drug-likeness (QED) is 0.172. The third-order valence-electron chi connectivity index (χ3n) is 11.6. The number of rotatable bonds is 3. The lowest BCUT2D eigenvalue weighted by molar-refractivity contribution is 0.658. The third kappa shape index (κ3) is 4.05. The predicted octanol–water partition coefficient (Wildman–Crippen LogP) is 14.4. The molecular formula is C51H34O. The van der Waals surface area contributed by atoms with Crippen molar-refractivity contribution < 1.29 is 4.42 Å². The molecule has 1 aromatic heterocycles. The van der Waals surface area contributed by atoms with E-state index in [1.807, 2.05) is 0 Å². The van der Waals surface area contributed by atoms with Gasteiger partial charge in [-0.05, 0) is 107 Å². The molecule has 1 nitrogen and oxygen atoms in total. The molecular weight excluding hydrogens is 629 g/mol. The monoisotopic (exact) mass is 662 g/mol. The van der Waals surface area contributed by atoms with Gasteiger partial charge in [0.05, 0.1) is 0 Å². The van der Waals surface area contributed by atoms with Gasteiger partial charge in [-0.2, -0.15) is 0 Å². The Balaban J connectivity index is 1.08. The van der Waals surface area contributed by atoms with E-state index < -0.39 is 0 Å². The van der Waals surface area contributed by atoms with Crippen molar-refractivity contribution in [3.63, 3.8) is 0 Å². The second-order valence-corrected chi connectivity index (χ2v) is 14.8. The molecule has 1 aliphatic carbocycles. The maximum Gasteiger partial charge on any atom is 0.143 e. The van der Waals surface area contributed by atoms with Gasteiger partial charge in [0.2, 0.25) is 0 Å². The Morgan fingerprint density at radius 1 is 0.404 bits per heavy atom. The zero-order valence-electron chi connectivity index (χ0n) is 29.1. The van der Waals surface area contributed by atoms with Crippen molar-refractivity contribution in [3.8, 4) is 44.5 Å². The van der Waals surface area contributed by atoms with Crippen LogP contribution >= 0.6 is 0 Å². The Morgan fingerprint density at radius 3 is 1.71 bits per heavy atom. The molecule has 9 aromatic carbocycles.